The van der Waals surface area contributed by atoms with Crippen LogP contribution in [0.25, 0.3) is 10.6 Å². The van der Waals surface area contributed by atoms with E-state index in [1.807, 2.05) is 24.4 Å². The zero-order valence-electron chi connectivity index (χ0n) is 6.20. The third kappa shape index (κ3) is 1.67. The van der Waals surface area contributed by atoms with Crippen molar-refractivity contribution in [1.82, 2.24) is 4.98 Å². The molecule has 0 atom stereocenters. The molecule has 0 spiro atoms. The lowest BCUT2D eigenvalue weighted by atomic mass is 10.2. The van der Waals surface area contributed by atoms with Gasteiger partial charge in [0, 0.05) is 5.56 Å². The third-order valence-corrected chi connectivity index (χ3v) is 3.27. The van der Waals surface area contributed by atoms with Crippen molar-refractivity contribution in [2.45, 2.75) is 0 Å². The second kappa shape index (κ2) is 3.53. The average Bonchev–Trinajstić information content (AvgIpc) is 2.54. The van der Waals surface area contributed by atoms with Crippen LogP contribution >= 0.6 is 33.9 Å². The molecule has 0 saturated heterocycles. The fraction of sp³-hybridized carbons (Fsp3) is 0. The first-order valence-electron chi connectivity index (χ1n) is 3.53. The molecule has 2 aromatic rings. The SMILES string of the molecule is Ic1cnc(-c2ccccc2)s1. The number of rotatable bonds is 1. The first kappa shape index (κ1) is 8.19. The molecule has 1 heterocycles. The molecule has 3 heteroatoms. The lowest BCUT2D eigenvalue weighted by Gasteiger charge is -1.91. The van der Waals surface area contributed by atoms with E-state index in [9.17, 15) is 0 Å². The van der Waals surface area contributed by atoms with Crippen molar-refractivity contribution in [3.05, 3.63) is 39.4 Å². The van der Waals surface area contributed by atoms with Crippen LogP contribution in [0.5, 0.6) is 0 Å². The molecule has 2 rings (SSSR count). The maximum Gasteiger partial charge on any atom is 0.124 e. The van der Waals surface area contributed by atoms with E-state index in [0.29, 0.717) is 0 Å². The monoisotopic (exact) mass is 287 g/mol. The maximum atomic E-state index is 4.30. The topological polar surface area (TPSA) is 12.9 Å². The van der Waals surface area contributed by atoms with Crippen LogP contribution in [0.2, 0.25) is 0 Å². The summed E-state index contributed by atoms with van der Waals surface area (Å²) in [6, 6.07) is 10.2. The van der Waals surface area contributed by atoms with E-state index in [1.54, 1.807) is 11.3 Å². The number of hydrogen-bond donors (Lipinski definition) is 0. The van der Waals surface area contributed by atoms with E-state index in [2.05, 4.69) is 39.7 Å². The molecule has 0 amide bonds. The largest absolute Gasteiger partial charge is 0.243 e. The smallest absolute Gasteiger partial charge is 0.124 e. The maximum absolute atomic E-state index is 4.30. The zero-order valence-corrected chi connectivity index (χ0v) is 9.17. The van der Waals surface area contributed by atoms with Gasteiger partial charge in [0.25, 0.3) is 0 Å². The van der Waals surface area contributed by atoms with Crippen LogP contribution in [0.4, 0.5) is 0 Å². The van der Waals surface area contributed by atoms with Crippen molar-refractivity contribution < 1.29 is 0 Å². The first-order valence-corrected chi connectivity index (χ1v) is 5.42. The van der Waals surface area contributed by atoms with Gasteiger partial charge in [-0.05, 0) is 22.6 Å². The Morgan fingerprint density at radius 1 is 1.17 bits per heavy atom. The summed E-state index contributed by atoms with van der Waals surface area (Å²) in [7, 11) is 0. The molecule has 1 nitrogen and oxygen atoms in total. The summed E-state index contributed by atoms with van der Waals surface area (Å²) in [4.78, 5) is 4.30. The van der Waals surface area contributed by atoms with Gasteiger partial charge in [-0.1, -0.05) is 30.3 Å². The Kier molecular flexibility index (Phi) is 2.41. The summed E-state index contributed by atoms with van der Waals surface area (Å²) in [6.45, 7) is 0. The number of thiazole rings is 1. The number of hydrogen-bond acceptors (Lipinski definition) is 2. The molecule has 0 fully saturated rings. The van der Waals surface area contributed by atoms with Crippen LogP contribution in [0, 0.1) is 2.88 Å². The number of aromatic nitrogens is 1. The van der Waals surface area contributed by atoms with E-state index in [4.69, 9.17) is 0 Å². The Balaban J connectivity index is 2.45. The predicted molar refractivity (Wildman–Crippen MR) is 60.3 cm³/mol. The fourth-order valence-corrected chi connectivity index (χ4v) is 2.38. The third-order valence-electron chi connectivity index (χ3n) is 1.50. The molecule has 0 aliphatic rings. The summed E-state index contributed by atoms with van der Waals surface area (Å²) in [5, 5.41) is 1.10. The van der Waals surface area contributed by atoms with Crippen LogP contribution in [0.3, 0.4) is 0 Å². The molecule has 0 bridgehead atoms. The lowest BCUT2D eigenvalue weighted by Crippen LogP contribution is -1.71. The van der Waals surface area contributed by atoms with Crippen LogP contribution in [0.1, 0.15) is 0 Å². The van der Waals surface area contributed by atoms with Gasteiger partial charge in [0.15, 0.2) is 0 Å². The average molecular weight is 287 g/mol. The standard InChI is InChI=1S/C9H6INS/c10-8-6-11-9(12-8)7-4-2-1-3-5-7/h1-6H. The summed E-state index contributed by atoms with van der Waals surface area (Å²) < 4.78 is 1.23. The number of nitrogens with zero attached hydrogens (tertiary/aromatic N) is 1. The Morgan fingerprint density at radius 2 is 1.92 bits per heavy atom. The highest BCUT2D eigenvalue weighted by Crippen LogP contribution is 2.25. The molecule has 0 N–H and O–H groups in total. The quantitative estimate of drug-likeness (QED) is 0.732. The van der Waals surface area contributed by atoms with E-state index in [1.165, 1.54) is 8.45 Å². The number of halogens is 1. The summed E-state index contributed by atoms with van der Waals surface area (Å²) in [6.07, 6.45) is 1.90. The zero-order chi connectivity index (χ0) is 8.39. The predicted octanol–water partition coefficient (Wildman–Crippen LogP) is 3.41. The van der Waals surface area contributed by atoms with Crippen molar-refractivity contribution in [2.75, 3.05) is 0 Å². The minimum atomic E-state index is 1.10. The van der Waals surface area contributed by atoms with Gasteiger partial charge in [-0.3, -0.25) is 0 Å². The van der Waals surface area contributed by atoms with E-state index in [-0.39, 0.29) is 0 Å². The summed E-state index contributed by atoms with van der Waals surface area (Å²) >= 11 is 4.00. The summed E-state index contributed by atoms with van der Waals surface area (Å²) in [5.41, 5.74) is 1.20. The molecule has 60 valence electrons. The molecular weight excluding hydrogens is 281 g/mol. The molecule has 0 unspecified atom stereocenters. The highest BCUT2D eigenvalue weighted by molar-refractivity contribution is 14.1. The Labute approximate surface area is 88.6 Å². The van der Waals surface area contributed by atoms with Crippen molar-refractivity contribution in [1.29, 1.82) is 0 Å². The van der Waals surface area contributed by atoms with E-state index in [0.717, 1.165) is 5.01 Å². The van der Waals surface area contributed by atoms with Gasteiger partial charge in [0.2, 0.25) is 0 Å². The van der Waals surface area contributed by atoms with Gasteiger partial charge in [0.05, 0.1) is 9.08 Å². The molecular formula is C9H6INS. The van der Waals surface area contributed by atoms with Gasteiger partial charge in [-0.15, -0.1) is 11.3 Å². The minimum absolute atomic E-state index is 1.10. The van der Waals surface area contributed by atoms with Gasteiger partial charge >= 0.3 is 0 Å². The normalized spacial score (nSPS) is 10.1. The highest BCUT2D eigenvalue weighted by Gasteiger charge is 2.00. The van der Waals surface area contributed by atoms with Crippen molar-refractivity contribution >= 4 is 33.9 Å². The van der Waals surface area contributed by atoms with Crippen LogP contribution in [-0.2, 0) is 0 Å². The molecule has 1 aromatic carbocycles. The second-order valence-corrected chi connectivity index (χ2v) is 5.26. The Bertz CT molecular complexity index is 369. The van der Waals surface area contributed by atoms with Crippen LogP contribution in [-0.4, -0.2) is 4.98 Å². The molecule has 0 aliphatic heterocycles. The number of benzene rings is 1. The highest BCUT2D eigenvalue weighted by atomic mass is 127. The van der Waals surface area contributed by atoms with E-state index < -0.39 is 0 Å². The van der Waals surface area contributed by atoms with E-state index >= 15 is 0 Å². The van der Waals surface area contributed by atoms with Crippen LogP contribution in [0.15, 0.2) is 36.5 Å². The second-order valence-electron chi connectivity index (χ2n) is 2.34. The van der Waals surface area contributed by atoms with Crippen molar-refractivity contribution in [3.8, 4) is 10.6 Å². The van der Waals surface area contributed by atoms with Crippen LogP contribution < -0.4 is 0 Å². The van der Waals surface area contributed by atoms with Gasteiger partial charge < -0.3 is 0 Å². The fourth-order valence-electron chi connectivity index (χ4n) is 0.969. The van der Waals surface area contributed by atoms with Gasteiger partial charge in [-0.2, -0.15) is 0 Å². The Morgan fingerprint density at radius 3 is 2.50 bits per heavy atom. The molecule has 0 radical (unpaired) electrons. The van der Waals surface area contributed by atoms with Crippen molar-refractivity contribution in [3.63, 3.8) is 0 Å². The van der Waals surface area contributed by atoms with Gasteiger partial charge in [0.1, 0.15) is 5.01 Å². The van der Waals surface area contributed by atoms with Crippen molar-refractivity contribution in [2.24, 2.45) is 0 Å². The minimum Gasteiger partial charge on any atom is -0.243 e. The van der Waals surface area contributed by atoms with Gasteiger partial charge in [-0.25, -0.2) is 4.98 Å². The lowest BCUT2D eigenvalue weighted by molar-refractivity contribution is 1.40. The molecule has 0 saturated carbocycles. The Hall–Kier alpha value is -0.420. The summed E-state index contributed by atoms with van der Waals surface area (Å²) in [5.74, 6) is 0. The molecule has 1 aromatic heterocycles. The molecule has 0 aliphatic carbocycles. The first-order chi connectivity index (χ1) is 5.86. The molecule has 12 heavy (non-hydrogen) atoms.